The number of rotatable bonds is 21. The molecular formula is C79H86Cl2N12O18. The van der Waals surface area contributed by atoms with Crippen LogP contribution in [0.25, 0.3) is 0 Å². The highest BCUT2D eigenvalue weighted by Crippen LogP contribution is 2.22. The lowest BCUT2D eigenvalue weighted by atomic mass is 10.1. The Labute approximate surface area is 652 Å². The van der Waals surface area contributed by atoms with Gasteiger partial charge in [-0.05, 0) is 86.1 Å². The van der Waals surface area contributed by atoms with Gasteiger partial charge < -0.3 is 50.5 Å². The molecule has 0 spiro atoms. The summed E-state index contributed by atoms with van der Waals surface area (Å²) in [6.45, 7) is 6.13. The molecule has 0 radical (unpaired) electrons. The highest BCUT2D eigenvalue weighted by molar-refractivity contribution is 6.81. The molecule has 4 heterocycles. The van der Waals surface area contributed by atoms with Crippen LogP contribution in [-0.2, 0) is 27.1 Å². The summed E-state index contributed by atoms with van der Waals surface area (Å²) in [7, 11) is 0. The molecule has 0 saturated heterocycles. The number of nitrogens with zero attached hydrogens (tertiary/aromatic N) is 4. The van der Waals surface area contributed by atoms with E-state index >= 15 is 0 Å². The summed E-state index contributed by atoms with van der Waals surface area (Å²) in [5.74, 6) is 6.93. The first-order chi connectivity index (χ1) is 53.1. The van der Waals surface area contributed by atoms with Crippen LogP contribution in [0.5, 0.6) is 0 Å². The Balaban J connectivity index is 0. The van der Waals surface area contributed by atoms with Gasteiger partial charge in [0.1, 0.15) is 11.5 Å². The maximum atomic E-state index is 11.8. The number of terminal acetylenes is 4. The number of carbonyl (C=O) groups is 11. The lowest BCUT2D eigenvalue weighted by Gasteiger charge is -2.10. The SMILES string of the molecule is C.C#CCCN.C#CCCN1C(=O)c2ccccc2C1=O.C#CCCNC(=O)c1ccccc1.C#CCCO.CCOC(=O)/C(Cl)=N/O.CCOC(=O)c1cc(CCNC(=O)c2ccccc2)on1.N=N.O=C(Cl)c1ccccc1.O=C(NCCc1cc(C(=O)NO)no1)c1ccccc1.O=C1NC(=O)c2ccccc21.[HH]. The van der Waals surface area contributed by atoms with Gasteiger partial charge in [-0.3, -0.25) is 58.6 Å². The van der Waals surface area contributed by atoms with Gasteiger partial charge in [-0.1, -0.05) is 144 Å². The van der Waals surface area contributed by atoms with Crippen molar-refractivity contribution >= 4 is 92.8 Å². The summed E-state index contributed by atoms with van der Waals surface area (Å²) in [4.78, 5) is 125. The van der Waals surface area contributed by atoms with Crippen molar-refractivity contribution in [3.8, 4) is 49.4 Å². The summed E-state index contributed by atoms with van der Waals surface area (Å²) >= 11 is 10.2. The van der Waals surface area contributed by atoms with Crippen molar-refractivity contribution in [2.45, 2.75) is 59.8 Å². The third-order valence-corrected chi connectivity index (χ3v) is 13.4. The van der Waals surface area contributed by atoms with Crippen LogP contribution in [0.4, 0.5) is 0 Å². The van der Waals surface area contributed by atoms with Crippen LogP contribution in [-0.4, -0.2) is 153 Å². The number of carbonyl (C=O) groups excluding carboxylic acids is 11. The standard InChI is InChI=1S/C15H16N2O4.C13H13N3O4.C12H9NO2.C11H11NO.C8H5NO2.C7H5ClO.C4H6ClNO3.C4H7N.C4H6O.CH4.H2N2.H2/c1-2-20-15(19)13-10-12(21-17-13)8-9-16-14(18)11-6-4-3-5-7-11;17-12(9-4-2-1-3-5-9)14-7-6-10-8-11(16-20-10)13(18)15-19;1-2-3-8-13-11(14)9-6-4-5-7-10(9)12(13)15;1-2-3-9-12-11(13)10-7-5-4-6-8-10;10-7-5-3-1-2-4-6(5)8(11)9-7;8-7(9)6-4-2-1-3-5-6;1-2-9-4(7)3(5)6-8;2*1-2-3-4-5;;1-2;/h3-7,10H,2,8-9H2,1H3,(H,16,18);1-5,8,19H,6-7H2,(H,14,17)(H,15,18);1,4-7H,3,8H2;1,4-8H,3,9H2,(H,12,13);1-4H,(H,9,10,11);1-5H;8H,2H2,1H3;1H,3-5H2;1,5H,3-4H2;1H4;1-2H;1H/b;;;;;;6-3-;;;;;. The van der Waals surface area contributed by atoms with Crippen LogP contribution >= 0.6 is 23.2 Å². The summed E-state index contributed by atoms with van der Waals surface area (Å²) in [5.41, 5.74) is 20.8. The Bertz CT molecular complexity index is 4350. The zero-order chi connectivity index (χ0) is 81.9. The molecule has 0 saturated carbocycles. The van der Waals surface area contributed by atoms with Gasteiger partial charge in [0.15, 0.2) is 11.4 Å². The van der Waals surface area contributed by atoms with E-state index in [4.69, 9.17) is 95.0 Å². The number of hydrogen-bond donors (Lipinski definition) is 11. The summed E-state index contributed by atoms with van der Waals surface area (Å²) in [6, 6.07) is 52.0. The van der Waals surface area contributed by atoms with Gasteiger partial charge in [0, 0.05) is 107 Å². The average molecular weight is 1560 g/mol. The van der Waals surface area contributed by atoms with E-state index in [1.165, 1.54) is 22.5 Å². The molecule has 8 aromatic rings. The van der Waals surface area contributed by atoms with Gasteiger partial charge in [-0.2, -0.15) is 0 Å². The first-order valence-electron chi connectivity index (χ1n) is 32.7. The number of nitrogens with two attached hydrogens (primary N) is 1. The number of hydrogen-bond acceptors (Lipinski definition) is 24. The summed E-state index contributed by atoms with van der Waals surface area (Å²) in [6.07, 6.45) is 22.7. The zero-order valence-corrected chi connectivity index (χ0v) is 61.1. The number of nitrogens with one attached hydrogen (secondary N) is 7. The van der Waals surface area contributed by atoms with E-state index in [0.717, 1.165) is 0 Å². The van der Waals surface area contributed by atoms with E-state index in [0.29, 0.717) is 127 Å². The van der Waals surface area contributed by atoms with E-state index in [2.05, 4.69) is 65.2 Å². The minimum absolute atomic E-state index is 0. The molecule has 0 unspecified atom stereocenters. The molecule has 30 nitrogen and oxygen atoms in total. The number of fused-ring (bicyclic) bond motifs is 2. The summed E-state index contributed by atoms with van der Waals surface area (Å²) in [5, 5.41) is 43.2. The normalized spacial score (nSPS) is 10.3. The fourth-order valence-electron chi connectivity index (χ4n) is 7.93. The number of esters is 2. The maximum absolute atomic E-state index is 11.8. The van der Waals surface area contributed by atoms with E-state index < -0.39 is 28.3 Å². The van der Waals surface area contributed by atoms with Crippen LogP contribution < -0.4 is 32.5 Å². The van der Waals surface area contributed by atoms with Crippen molar-refractivity contribution in [3.63, 3.8) is 0 Å². The van der Waals surface area contributed by atoms with Crippen molar-refractivity contribution in [3.05, 3.63) is 249 Å². The first kappa shape index (κ1) is 97.3. The largest absolute Gasteiger partial charge is 0.461 e. The van der Waals surface area contributed by atoms with Gasteiger partial charge in [0.2, 0.25) is 0 Å². The van der Waals surface area contributed by atoms with E-state index in [-0.39, 0.29) is 81.4 Å². The fraction of sp³-hybridized carbons (Fsp3) is 0.215. The Morgan fingerprint density at radius 2 is 0.919 bits per heavy atom. The van der Waals surface area contributed by atoms with Crippen molar-refractivity contribution in [1.82, 2.24) is 42.0 Å². The Kier molecular flexibility index (Phi) is 52.1. The molecule has 0 fully saturated rings. The van der Waals surface area contributed by atoms with E-state index in [1.54, 1.807) is 147 Å². The van der Waals surface area contributed by atoms with Crippen LogP contribution in [0.15, 0.2) is 196 Å². The highest BCUT2D eigenvalue weighted by atomic mass is 35.5. The number of aromatic nitrogens is 2. The molecule has 0 aliphatic carbocycles. The number of hydroxylamine groups is 1. The molecule has 12 N–H and O–H groups in total. The second-order valence-electron chi connectivity index (χ2n) is 20.6. The summed E-state index contributed by atoms with van der Waals surface area (Å²) < 4.78 is 19.1. The van der Waals surface area contributed by atoms with Crippen molar-refractivity contribution in [2.75, 3.05) is 52.5 Å². The van der Waals surface area contributed by atoms with Crippen molar-refractivity contribution in [1.29, 1.82) is 11.1 Å². The number of imide groups is 2. The molecule has 0 atom stereocenters. The second-order valence-corrected chi connectivity index (χ2v) is 21.3. The number of aliphatic hydroxyl groups excluding tert-OH is 1. The molecule has 0 bridgehead atoms. The average Bonchev–Trinajstić information content (AvgIpc) is 1.64. The highest BCUT2D eigenvalue weighted by Gasteiger charge is 2.34. The molecule has 32 heteroatoms. The smallest absolute Gasteiger partial charge is 0.372 e. The van der Waals surface area contributed by atoms with E-state index in [9.17, 15) is 52.7 Å². The van der Waals surface area contributed by atoms with Crippen LogP contribution in [0.1, 0.15) is 164 Å². The fourth-order valence-corrected chi connectivity index (χ4v) is 8.11. The monoisotopic (exact) mass is 1560 g/mol. The first-order valence-corrected chi connectivity index (χ1v) is 33.4. The molecule has 8 amide bonds. The minimum atomic E-state index is -0.818. The number of oxime groups is 1. The number of aliphatic hydroxyl groups is 1. The van der Waals surface area contributed by atoms with Crippen LogP contribution in [0.3, 0.4) is 0 Å². The molecule has 6 aromatic carbocycles. The third kappa shape index (κ3) is 38.4. The molecule has 10 rings (SSSR count). The molecule has 584 valence electrons. The molecule has 2 aliphatic rings. The molecule has 2 aromatic heterocycles. The topological polar surface area (TPSA) is 468 Å². The van der Waals surface area contributed by atoms with Crippen LogP contribution in [0.2, 0.25) is 0 Å². The van der Waals surface area contributed by atoms with Crippen molar-refractivity contribution in [2.24, 2.45) is 10.9 Å². The molecule has 111 heavy (non-hydrogen) atoms. The van der Waals surface area contributed by atoms with E-state index in [1.807, 2.05) is 36.4 Å². The maximum Gasteiger partial charge on any atom is 0.372 e. The van der Waals surface area contributed by atoms with Crippen LogP contribution in [0, 0.1) is 60.4 Å². The second kappa shape index (κ2) is 59.4. The quantitative estimate of drug-likeness (QED) is 0.00304. The lowest BCUT2D eigenvalue weighted by Crippen LogP contribution is -2.30. The zero-order valence-electron chi connectivity index (χ0n) is 59.6. The minimum Gasteiger partial charge on any atom is -0.461 e. The number of halogens is 2. The van der Waals surface area contributed by atoms with Gasteiger partial charge in [0.05, 0.1) is 42.1 Å². The number of ether oxygens (including phenoxy) is 2. The van der Waals surface area contributed by atoms with Gasteiger partial charge in [0.25, 0.3) is 57.7 Å². The predicted octanol–water partition coefficient (Wildman–Crippen LogP) is 10.00. The Hall–Kier alpha value is -13.7. The van der Waals surface area contributed by atoms with Crippen molar-refractivity contribution < 1.29 is 88.2 Å². The molecule has 2 aliphatic heterocycles. The Morgan fingerprint density at radius 3 is 1.25 bits per heavy atom. The number of amides is 8. The predicted molar refractivity (Wildman–Crippen MR) is 415 cm³/mol. The lowest BCUT2D eigenvalue weighted by molar-refractivity contribution is -0.134. The number of benzene rings is 6. The van der Waals surface area contributed by atoms with Gasteiger partial charge >= 0.3 is 11.9 Å². The molecular weight excluding hydrogens is 1480 g/mol. The third-order valence-electron chi connectivity index (χ3n) is 13.0. The van der Waals surface area contributed by atoms with Gasteiger partial charge in [-0.25, -0.2) is 26.1 Å². The Morgan fingerprint density at radius 1 is 0.550 bits per heavy atom. The van der Waals surface area contributed by atoms with Gasteiger partial charge in [-0.15, -0.1) is 49.4 Å².